The van der Waals surface area contributed by atoms with E-state index in [1.165, 1.54) is 12.1 Å². The lowest BCUT2D eigenvalue weighted by Crippen LogP contribution is -2.45. The number of carbonyl (C=O) groups is 1. The molecule has 0 bridgehead atoms. The summed E-state index contributed by atoms with van der Waals surface area (Å²) >= 11 is 0. The van der Waals surface area contributed by atoms with Crippen LogP contribution in [-0.2, 0) is 0 Å². The number of phenolic OH excluding ortho intramolecular Hbond substituents is 1. The van der Waals surface area contributed by atoms with E-state index >= 15 is 0 Å². The third-order valence-corrected chi connectivity index (χ3v) is 3.49. The molecule has 2 N–H and O–H groups in total. The molecule has 1 amide bonds. The van der Waals surface area contributed by atoms with Gasteiger partial charge < -0.3 is 10.4 Å². The molecule has 102 valence electrons. The first-order chi connectivity index (χ1) is 8.83. The number of aromatic hydroxyl groups is 1. The molecule has 0 aromatic heterocycles. The molecule has 1 saturated carbocycles. The molecule has 1 aromatic carbocycles. The van der Waals surface area contributed by atoms with Crippen LogP contribution < -0.4 is 5.32 Å². The van der Waals surface area contributed by atoms with Crippen molar-refractivity contribution < 1.29 is 14.8 Å². The third-order valence-electron chi connectivity index (χ3n) is 3.49. The topological polar surface area (TPSA) is 92.5 Å². The maximum absolute atomic E-state index is 12.1. The minimum atomic E-state index is -0.710. The Morgan fingerprint density at radius 3 is 2.63 bits per heavy atom. The van der Waals surface area contributed by atoms with E-state index in [4.69, 9.17) is 0 Å². The highest BCUT2D eigenvalue weighted by Gasteiger charge is 2.39. The van der Waals surface area contributed by atoms with Crippen molar-refractivity contribution in [2.45, 2.75) is 32.2 Å². The predicted molar refractivity (Wildman–Crippen MR) is 69.0 cm³/mol. The largest absolute Gasteiger partial charge is 0.502 e. The second-order valence-electron chi connectivity index (χ2n) is 5.38. The van der Waals surface area contributed by atoms with Crippen LogP contribution in [0, 0.1) is 16.0 Å². The number of hydrogen-bond donors (Lipinski definition) is 2. The van der Waals surface area contributed by atoms with E-state index in [2.05, 4.69) is 5.32 Å². The molecule has 1 aromatic rings. The van der Waals surface area contributed by atoms with Gasteiger partial charge in [0.25, 0.3) is 5.91 Å². The Kier molecular flexibility index (Phi) is 3.18. The maximum Gasteiger partial charge on any atom is 0.311 e. The average Bonchev–Trinajstić information content (AvgIpc) is 3.11. The first-order valence-electron chi connectivity index (χ1n) is 6.12. The van der Waals surface area contributed by atoms with Gasteiger partial charge in [-0.1, -0.05) is 6.07 Å². The maximum atomic E-state index is 12.1. The van der Waals surface area contributed by atoms with E-state index in [0.29, 0.717) is 5.92 Å². The van der Waals surface area contributed by atoms with Gasteiger partial charge >= 0.3 is 5.69 Å². The molecule has 1 aliphatic carbocycles. The van der Waals surface area contributed by atoms with Crippen LogP contribution in [0.25, 0.3) is 0 Å². The normalized spacial score (nSPS) is 15.1. The van der Waals surface area contributed by atoms with Gasteiger partial charge in [0.1, 0.15) is 0 Å². The van der Waals surface area contributed by atoms with Crippen molar-refractivity contribution in [2.24, 2.45) is 5.92 Å². The third kappa shape index (κ3) is 2.67. The smallest absolute Gasteiger partial charge is 0.311 e. The Morgan fingerprint density at radius 2 is 2.11 bits per heavy atom. The lowest BCUT2D eigenvalue weighted by molar-refractivity contribution is -0.385. The van der Waals surface area contributed by atoms with Crippen molar-refractivity contribution >= 4 is 11.6 Å². The van der Waals surface area contributed by atoms with Gasteiger partial charge in [0.05, 0.1) is 10.5 Å². The van der Waals surface area contributed by atoms with Gasteiger partial charge in [0, 0.05) is 11.6 Å². The molecule has 0 aliphatic heterocycles. The highest BCUT2D eigenvalue weighted by atomic mass is 16.6. The van der Waals surface area contributed by atoms with Crippen LogP contribution in [0.1, 0.15) is 37.0 Å². The summed E-state index contributed by atoms with van der Waals surface area (Å²) in [6.45, 7) is 3.83. The van der Waals surface area contributed by atoms with Crippen molar-refractivity contribution in [3.8, 4) is 5.75 Å². The molecule has 1 aliphatic rings. The van der Waals surface area contributed by atoms with E-state index in [9.17, 15) is 20.0 Å². The van der Waals surface area contributed by atoms with Crippen molar-refractivity contribution in [3.63, 3.8) is 0 Å². The molecule has 19 heavy (non-hydrogen) atoms. The van der Waals surface area contributed by atoms with Gasteiger partial charge in [0.2, 0.25) is 5.75 Å². The highest BCUT2D eigenvalue weighted by Crippen LogP contribution is 2.39. The van der Waals surface area contributed by atoms with Crippen LogP contribution in [0.15, 0.2) is 18.2 Å². The summed E-state index contributed by atoms with van der Waals surface area (Å²) in [5.41, 5.74) is -0.895. The monoisotopic (exact) mass is 264 g/mol. The van der Waals surface area contributed by atoms with Crippen LogP contribution >= 0.6 is 0 Å². The van der Waals surface area contributed by atoms with Crippen LogP contribution in [0.4, 0.5) is 5.69 Å². The molecule has 0 spiro atoms. The Labute approximate surface area is 110 Å². The van der Waals surface area contributed by atoms with Crippen LogP contribution in [0.2, 0.25) is 0 Å². The first-order valence-corrected chi connectivity index (χ1v) is 6.12. The fourth-order valence-corrected chi connectivity index (χ4v) is 2.13. The quantitative estimate of drug-likeness (QED) is 0.644. The summed E-state index contributed by atoms with van der Waals surface area (Å²) < 4.78 is 0. The van der Waals surface area contributed by atoms with Gasteiger partial charge in [-0.3, -0.25) is 14.9 Å². The second kappa shape index (κ2) is 4.53. The summed E-state index contributed by atoms with van der Waals surface area (Å²) in [6, 6.07) is 3.93. The van der Waals surface area contributed by atoms with Crippen LogP contribution in [0.5, 0.6) is 5.75 Å². The van der Waals surface area contributed by atoms with E-state index in [1.54, 1.807) is 0 Å². The number of carbonyl (C=O) groups excluding carboxylic acids is 1. The van der Waals surface area contributed by atoms with Crippen molar-refractivity contribution in [2.75, 3.05) is 0 Å². The molecular formula is C13H16N2O4. The van der Waals surface area contributed by atoms with Gasteiger partial charge in [0.15, 0.2) is 0 Å². The summed E-state index contributed by atoms with van der Waals surface area (Å²) in [5.74, 6) is -0.646. The van der Waals surface area contributed by atoms with E-state index < -0.39 is 22.3 Å². The summed E-state index contributed by atoms with van der Waals surface area (Å²) in [5, 5.41) is 23.3. The number of phenols is 1. The molecule has 0 heterocycles. The van der Waals surface area contributed by atoms with Crippen LogP contribution in [-0.4, -0.2) is 21.5 Å². The standard InChI is InChI=1S/C13H16N2O4/c1-13(2,8-6-7-8)14-12(17)9-4-3-5-10(11(9)16)15(18)19/h3-5,8,16H,6-7H2,1-2H3,(H,14,17). The van der Waals surface area contributed by atoms with Crippen LogP contribution in [0.3, 0.4) is 0 Å². The lowest BCUT2D eigenvalue weighted by Gasteiger charge is -2.26. The lowest BCUT2D eigenvalue weighted by atomic mass is 9.98. The Morgan fingerprint density at radius 1 is 1.47 bits per heavy atom. The molecule has 1 fully saturated rings. The summed E-state index contributed by atoms with van der Waals surface area (Å²) in [6.07, 6.45) is 2.13. The number of nitro benzene ring substituents is 1. The molecular weight excluding hydrogens is 248 g/mol. The Balaban J connectivity index is 2.24. The minimum Gasteiger partial charge on any atom is -0.502 e. The summed E-state index contributed by atoms with van der Waals surface area (Å²) in [4.78, 5) is 22.1. The van der Waals surface area contributed by atoms with Gasteiger partial charge in [-0.15, -0.1) is 0 Å². The van der Waals surface area contributed by atoms with Gasteiger partial charge in [-0.05, 0) is 38.7 Å². The van der Waals surface area contributed by atoms with E-state index in [-0.39, 0.29) is 11.1 Å². The first kappa shape index (κ1) is 13.3. The molecule has 6 heteroatoms. The van der Waals surface area contributed by atoms with Crippen molar-refractivity contribution in [3.05, 3.63) is 33.9 Å². The van der Waals surface area contributed by atoms with Crippen molar-refractivity contribution in [1.82, 2.24) is 5.32 Å². The SMILES string of the molecule is CC(C)(NC(=O)c1cccc([N+](=O)[O-])c1O)C1CC1. The average molecular weight is 264 g/mol. The number of para-hydroxylation sites is 1. The number of amides is 1. The molecule has 2 rings (SSSR count). The number of nitro groups is 1. The fourth-order valence-electron chi connectivity index (χ4n) is 2.13. The second-order valence-corrected chi connectivity index (χ2v) is 5.38. The van der Waals surface area contributed by atoms with E-state index in [0.717, 1.165) is 18.9 Å². The molecule has 0 radical (unpaired) electrons. The number of hydrogen-bond acceptors (Lipinski definition) is 4. The van der Waals surface area contributed by atoms with Gasteiger partial charge in [-0.2, -0.15) is 0 Å². The highest BCUT2D eigenvalue weighted by molar-refractivity contribution is 5.98. The Hall–Kier alpha value is -2.11. The number of benzene rings is 1. The zero-order valence-electron chi connectivity index (χ0n) is 10.8. The van der Waals surface area contributed by atoms with Gasteiger partial charge in [-0.25, -0.2) is 0 Å². The fraction of sp³-hybridized carbons (Fsp3) is 0.462. The molecule has 0 saturated heterocycles. The summed E-state index contributed by atoms with van der Waals surface area (Å²) in [7, 11) is 0. The van der Waals surface area contributed by atoms with E-state index in [1.807, 2.05) is 13.8 Å². The zero-order valence-corrected chi connectivity index (χ0v) is 10.8. The Bertz CT molecular complexity index is 535. The number of rotatable bonds is 4. The zero-order chi connectivity index (χ0) is 14.2. The number of nitrogens with zero attached hydrogens (tertiary/aromatic N) is 1. The molecule has 0 unspecified atom stereocenters. The van der Waals surface area contributed by atoms with Crippen molar-refractivity contribution in [1.29, 1.82) is 0 Å². The predicted octanol–water partition coefficient (Wildman–Crippen LogP) is 2.22. The molecule has 0 atom stereocenters. The number of nitrogens with one attached hydrogen (secondary N) is 1. The minimum absolute atomic E-state index is 0.0667. The molecule has 6 nitrogen and oxygen atoms in total.